The number of fused-ring (bicyclic) bond motifs is 1. The second-order valence-corrected chi connectivity index (χ2v) is 6.48. The van der Waals surface area contributed by atoms with Crippen molar-refractivity contribution < 1.29 is 14.4 Å². The Bertz CT molecular complexity index is 1020. The van der Waals surface area contributed by atoms with E-state index in [1.807, 2.05) is 42.5 Å². The van der Waals surface area contributed by atoms with Gasteiger partial charge in [-0.2, -0.15) is 0 Å². The summed E-state index contributed by atoms with van der Waals surface area (Å²) in [7, 11) is 0. The second kappa shape index (κ2) is 5.84. The van der Waals surface area contributed by atoms with Crippen molar-refractivity contribution in [3.63, 3.8) is 0 Å². The molecular weight excluding hydrogens is 330 g/mol. The van der Waals surface area contributed by atoms with Crippen LogP contribution >= 0.6 is 0 Å². The van der Waals surface area contributed by atoms with E-state index in [2.05, 4.69) is 10.3 Å². The highest BCUT2D eigenvalue weighted by molar-refractivity contribution is 6.12. The summed E-state index contributed by atoms with van der Waals surface area (Å²) in [5.41, 5.74) is -0.137. The van der Waals surface area contributed by atoms with E-state index in [1.165, 1.54) is 0 Å². The Labute approximate surface area is 149 Å². The molecule has 1 aliphatic heterocycles. The van der Waals surface area contributed by atoms with Gasteiger partial charge in [0.2, 0.25) is 0 Å². The Morgan fingerprint density at radius 1 is 1.04 bits per heavy atom. The summed E-state index contributed by atoms with van der Waals surface area (Å²) in [6.45, 7) is 1.37. The van der Waals surface area contributed by atoms with E-state index in [9.17, 15) is 14.4 Å². The summed E-state index contributed by atoms with van der Waals surface area (Å²) in [5, 5.41) is 4.64. The third-order valence-electron chi connectivity index (χ3n) is 4.80. The van der Waals surface area contributed by atoms with Crippen molar-refractivity contribution >= 4 is 28.5 Å². The van der Waals surface area contributed by atoms with E-state index in [0.29, 0.717) is 11.3 Å². The molecule has 1 saturated heterocycles. The number of aromatic nitrogens is 1. The Morgan fingerprint density at radius 3 is 2.58 bits per heavy atom. The molecule has 1 aromatic heterocycles. The molecular formula is C20H17N3O3. The second-order valence-electron chi connectivity index (χ2n) is 6.48. The Kier molecular flexibility index (Phi) is 3.61. The number of H-pyrrole nitrogens is 1. The predicted octanol–water partition coefficient (Wildman–Crippen LogP) is 2.82. The number of hydrogen-bond acceptors (Lipinski definition) is 3. The molecule has 2 aromatic carbocycles. The number of urea groups is 1. The largest absolute Gasteiger partial charge is 0.359 e. The molecule has 1 aliphatic rings. The Hall–Kier alpha value is -3.41. The number of benzene rings is 2. The van der Waals surface area contributed by atoms with Crippen molar-refractivity contribution in [2.75, 3.05) is 6.54 Å². The molecule has 26 heavy (non-hydrogen) atoms. The molecule has 0 aliphatic carbocycles. The van der Waals surface area contributed by atoms with Crippen LogP contribution in [0.15, 0.2) is 60.8 Å². The van der Waals surface area contributed by atoms with Gasteiger partial charge in [-0.15, -0.1) is 0 Å². The van der Waals surface area contributed by atoms with Gasteiger partial charge >= 0.3 is 6.03 Å². The predicted molar refractivity (Wildman–Crippen MR) is 96.7 cm³/mol. The van der Waals surface area contributed by atoms with Crippen LogP contribution in [0.3, 0.4) is 0 Å². The summed E-state index contributed by atoms with van der Waals surface area (Å²) in [6, 6.07) is 16.1. The third-order valence-corrected chi connectivity index (χ3v) is 4.80. The van der Waals surface area contributed by atoms with Crippen LogP contribution in [0.5, 0.6) is 0 Å². The maximum atomic E-state index is 13.1. The van der Waals surface area contributed by atoms with Crippen LogP contribution in [-0.2, 0) is 10.3 Å². The van der Waals surface area contributed by atoms with Crippen LogP contribution < -0.4 is 5.32 Å². The van der Waals surface area contributed by atoms with E-state index in [0.717, 1.165) is 15.7 Å². The number of rotatable bonds is 4. The molecule has 2 heterocycles. The van der Waals surface area contributed by atoms with Crippen molar-refractivity contribution in [1.29, 1.82) is 0 Å². The molecule has 130 valence electrons. The number of aromatic amines is 1. The van der Waals surface area contributed by atoms with Crippen molar-refractivity contribution in [3.05, 3.63) is 72.1 Å². The molecule has 0 radical (unpaired) electrons. The van der Waals surface area contributed by atoms with Crippen molar-refractivity contribution in [1.82, 2.24) is 15.2 Å². The highest BCUT2D eigenvalue weighted by Crippen LogP contribution is 2.33. The molecule has 4 rings (SSSR count). The first-order valence-electron chi connectivity index (χ1n) is 8.29. The average molecular weight is 347 g/mol. The third kappa shape index (κ3) is 2.38. The summed E-state index contributed by atoms with van der Waals surface area (Å²) >= 11 is 0. The normalized spacial score (nSPS) is 19.8. The Balaban J connectivity index is 1.70. The fraction of sp³-hybridized carbons (Fsp3) is 0.150. The van der Waals surface area contributed by atoms with Crippen LogP contribution in [0.1, 0.15) is 23.0 Å². The zero-order valence-electron chi connectivity index (χ0n) is 14.2. The van der Waals surface area contributed by atoms with Crippen LogP contribution in [0.2, 0.25) is 0 Å². The van der Waals surface area contributed by atoms with Crippen molar-refractivity contribution in [2.24, 2.45) is 0 Å². The molecule has 6 heteroatoms. The van der Waals surface area contributed by atoms with Crippen LogP contribution in [0, 0.1) is 0 Å². The molecule has 1 fully saturated rings. The van der Waals surface area contributed by atoms with Gasteiger partial charge in [-0.3, -0.25) is 14.5 Å². The number of ketones is 1. The minimum atomic E-state index is -1.21. The molecule has 0 unspecified atom stereocenters. The van der Waals surface area contributed by atoms with Crippen LogP contribution in [0.4, 0.5) is 4.79 Å². The summed E-state index contributed by atoms with van der Waals surface area (Å²) < 4.78 is 0. The van der Waals surface area contributed by atoms with Gasteiger partial charge in [-0.25, -0.2) is 4.79 Å². The van der Waals surface area contributed by atoms with Gasteiger partial charge in [-0.1, -0.05) is 42.5 Å². The van der Waals surface area contributed by atoms with Gasteiger partial charge in [-0.05, 0) is 35.4 Å². The van der Waals surface area contributed by atoms with E-state index >= 15 is 0 Å². The number of nitrogens with one attached hydrogen (secondary N) is 2. The minimum Gasteiger partial charge on any atom is -0.359 e. The van der Waals surface area contributed by atoms with Gasteiger partial charge in [0, 0.05) is 6.20 Å². The summed E-state index contributed by atoms with van der Waals surface area (Å²) in [6.07, 6.45) is 1.62. The fourth-order valence-electron chi connectivity index (χ4n) is 3.42. The molecule has 6 nitrogen and oxygen atoms in total. The molecule has 0 bridgehead atoms. The number of carbonyl (C=O) groups excluding carboxylic acids is 3. The fourth-order valence-corrected chi connectivity index (χ4v) is 3.42. The minimum absolute atomic E-state index is 0.300. The lowest BCUT2D eigenvalue weighted by atomic mass is 9.88. The number of imide groups is 1. The number of Topliss-reactive ketones (excluding diaryl/α,β-unsaturated/α-hetero) is 1. The van der Waals surface area contributed by atoms with Crippen LogP contribution in [0.25, 0.3) is 10.8 Å². The van der Waals surface area contributed by atoms with E-state index in [-0.39, 0.29) is 12.3 Å². The summed E-state index contributed by atoms with van der Waals surface area (Å²) in [5.74, 6) is -0.751. The van der Waals surface area contributed by atoms with Gasteiger partial charge < -0.3 is 10.3 Å². The molecule has 3 aromatic rings. The molecule has 0 saturated carbocycles. The number of carbonyl (C=O) groups is 3. The highest BCUT2D eigenvalue weighted by atomic mass is 16.2. The molecule has 1 atom stereocenters. The van der Waals surface area contributed by atoms with Gasteiger partial charge in [0.15, 0.2) is 5.78 Å². The quantitative estimate of drug-likeness (QED) is 0.562. The van der Waals surface area contributed by atoms with Crippen molar-refractivity contribution in [3.8, 4) is 0 Å². The molecule has 3 amide bonds. The number of hydrogen-bond donors (Lipinski definition) is 2. The van der Waals surface area contributed by atoms with Crippen molar-refractivity contribution in [2.45, 2.75) is 12.5 Å². The lowest BCUT2D eigenvalue weighted by molar-refractivity contribution is -0.130. The lowest BCUT2D eigenvalue weighted by Crippen LogP contribution is -2.41. The topological polar surface area (TPSA) is 82.3 Å². The average Bonchev–Trinajstić information content (AvgIpc) is 3.25. The number of nitrogens with zero attached hydrogens (tertiary/aromatic N) is 1. The van der Waals surface area contributed by atoms with Crippen LogP contribution in [-0.4, -0.2) is 34.2 Å². The first-order valence-corrected chi connectivity index (χ1v) is 8.29. The highest BCUT2D eigenvalue weighted by Gasteiger charge is 2.50. The first kappa shape index (κ1) is 16.1. The zero-order valence-corrected chi connectivity index (χ0v) is 14.2. The number of amides is 3. The van der Waals surface area contributed by atoms with Gasteiger partial charge in [0.25, 0.3) is 5.91 Å². The maximum absolute atomic E-state index is 13.1. The molecule has 2 N–H and O–H groups in total. The molecule has 0 spiro atoms. The smallest absolute Gasteiger partial charge is 0.325 e. The maximum Gasteiger partial charge on any atom is 0.325 e. The Morgan fingerprint density at radius 2 is 1.81 bits per heavy atom. The standard InChI is InChI=1S/C20H17N3O3/c1-20(15-9-4-7-13-6-2-3-8-14(13)15)18(25)23(19(26)22-20)12-17(24)16-10-5-11-21-16/h2-11,21H,12H2,1H3,(H,22,26)/t20-/m1/s1. The monoisotopic (exact) mass is 347 g/mol. The zero-order chi connectivity index (χ0) is 18.3. The van der Waals surface area contributed by atoms with E-state index < -0.39 is 17.5 Å². The van der Waals surface area contributed by atoms with E-state index in [4.69, 9.17) is 0 Å². The SMILES string of the molecule is C[C@]1(c2cccc3ccccc23)NC(=O)N(CC(=O)c2ccc[nH]2)C1=O. The van der Waals surface area contributed by atoms with Gasteiger partial charge in [0.1, 0.15) is 5.54 Å². The first-order chi connectivity index (χ1) is 12.5. The van der Waals surface area contributed by atoms with E-state index in [1.54, 1.807) is 25.3 Å². The van der Waals surface area contributed by atoms with Gasteiger partial charge in [0.05, 0.1) is 12.2 Å². The summed E-state index contributed by atoms with van der Waals surface area (Å²) in [4.78, 5) is 41.6. The lowest BCUT2D eigenvalue weighted by Gasteiger charge is -2.24.